The van der Waals surface area contributed by atoms with Gasteiger partial charge in [0.05, 0.1) is 21.2 Å². The normalized spacial score (nSPS) is 12.7. The Morgan fingerprint density at radius 1 is 0.605 bits per heavy atom. The van der Waals surface area contributed by atoms with Crippen molar-refractivity contribution in [3.8, 4) is 0 Å². The summed E-state index contributed by atoms with van der Waals surface area (Å²) in [7, 11) is 0. The van der Waals surface area contributed by atoms with Crippen LogP contribution in [0.15, 0.2) is 93.1 Å². The van der Waals surface area contributed by atoms with Crippen LogP contribution >= 0.6 is 0 Å². The lowest BCUT2D eigenvalue weighted by atomic mass is 10.1. The lowest BCUT2D eigenvalue weighted by molar-refractivity contribution is -0.385. The van der Waals surface area contributed by atoms with Crippen LogP contribution < -0.4 is 11.0 Å². The minimum absolute atomic E-state index is 0.183. The second kappa shape index (κ2) is 12.3. The van der Waals surface area contributed by atoms with Gasteiger partial charge in [0, 0.05) is 35.4 Å². The average molecular weight is 522 g/mol. The number of aliphatic imine (C=N–C) groups is 2. The first-order chi connectivity index (χ1) is 18.3. The molecule has 0 saturated carbocycles. The maximum Gasteiger partial charge on any atom is 0.269 e. The minimum Gasteiger partial charge on any atom is -0.410 e. The van der Waals surface area contributed by atoms with Crippen molar-refractivity contribution in [2.45, 2.75) is 0 Å². The van der Waals surface area contributed by atoms with Crippen molar-refractivity contribution in [2.24, 2.45) is 20.3 Å². The molecule has 0 unspecified atom stereocenters. The molecule has 0 aliphatic heterocycles. The van der Waals surface area contributed by atoms with Gasteiger partial charge in [0.2, 0.25) is 0 Å². The zero-order valence-electron chi connectivity index (χ0n) is 19.0. The summed E-state index contributed by atoms with van der Waals surface area (Å²) < 4.78 is 0. The second-order valence-corrected chi connectivity index (χ2v) is 7.17. The third kappa shape index (κ3) is 6.27. The van der Waals surface area contributed by atoms with Crippen LogP contribution in [-0.2, 0) is 0 Å². The van der Waals surface area contributed by atoms with Crippen molar-refractivity contribution in [3.05, 3.63) is 104 Å². The van der Waals surface area contributed by atoms with Gasteiger partial charge < -0.3 is 10.4 Å². The van der Waals surface area contributed by atoms with Crippen LogP contribution in [-0.4, -0.2) is 53.8 Å². The van der Waals surface area contributed by atoms with Crippen LogP contribution in [0.2, 0.25) is 0 Å². The number of hydroxylamine groups is 2. The summed E-state index contributed by atoms with van der Waals surface area (Å²) in [5, 5.41) is 65.8. The van der Waals surface area contributed by atoms with Crippen molar-refractivity contribution in [2.75, 3.05) is 0 Å². The maximum absolute atomic E-state index is 10.8. The van der Waals surface area contributed by atoms with Crippen LogP contribution in [0.1, 0.15) is 11.1 Å². The molecule has 16 heteroatoms. The molecule has 0 bridgehead atoms. The molecule has 0 aliphatic carbocycles. The zero-order valence-corrected chi connectivity index (χ0v) is 19.0. The first-order valence-electron chi connectivity index (χ1n) is 10.3. The smallest absolute Gasteiger partial charge is 0.269 e. The number of non-ortho nitro benzene ring substituents is 2. The summed E-state index contributed by atoms with van der Waals surface area (Å²) in [4.78, 5) is 28.8. The molecule has 0 aromatic heterocycles. The molecular weight excluding hydrogens is 504 g/mol. The van der Waals surface area contributed by atoms with Crippen molar-refractivity contribution in [1.82, 2.24) is 11.0 Å². The molecule has 0 aliphatic rings. The topological polar surface area (TPSA) is 241 Å². The predicted molar refractivity (Wildman–Crippen MR) is 133 cm³/mol. The van der Waals surface area contributed by atoms with Gasteiger partial charge in [0.1, 0.15) is 0 Å². The Labute approximate surface area is 212 Å². The third-order valence-corrected chi connectivity index (χ3v) is 4.90. The highest BCUT2D eigenvalue weighted by Gasteiger charge is 2.16. The Kier molecular flexibility index (Phi) is 8.69. The summed E-state index contributed by atoms with van der Waals surface area (Å²) in [6.07, 6.45) is 0. The first kappa shape index (κ1) is 26.9. The molecule has 38 heavy (non-hydrogen) atoms. The van der Waals surface area contributed by atoms with Gasteiger partial charge in [0.25, 0.3) is 11.4 Å². The molecule has 3 rings (SSSR count). The Morgan fingerprint density at radius 2 is 0.921 bits per heavy atom. The number of oxime groups is 2. The van der Waals surface area contributed by atoms with E-state index in [1.54, 1.807) is 0 Å². The third-order valence-electron chi connectivity index (χ3n) is 4.90. The number of nitrogens with one attached hydrogen (secondary N) is 2. The lowest BCUT2D eigenvalue weighted by Crippen LogP contribution is -2.29. The predicted octanol–water partition coefficient (Wildman–Crippen LogP) is 3.28. The molecule has 0 amide bonds. The standard InChI is InChI=1S/C22H18N8O8/c31-25-19(13-1-9-17(10-2-13)29(35)36)21(27-33)23-15-5-7-16(8-6-15)24-22(28-34)20(26-32)14-3-11-18(12-4-14)30(37)38/h1-12,31-34H,(H,23,27)(H,24,28)/b25-19+,26-20+. The van der Waals surface area contributed by atoms with E-state index < -0.39 is 9.85 Å². The molecule has 3 aromatic rings. The molecule has 6 N–H and O–H groups in total. The van der Waals surface area contributed by atoms with Gasteiger partial charge in [-0.2, -0.15) is 0 Å². The molecule has 16 nitrogen and oxygen atoms in total. The molecule has 0 fully saturated rings. The lowest BCUT2D eigenvalue weighted by Gasteiger charge is -2.08. The maximum atomic E-state index is 10.8. The van der Waals surface area contributed by atoms with Gasteiger partial charge in [-0.25, -0.2) is 9.98 Å². The van der Waals surface area contributed by atoms with Gasteiger partial charge >= 0.3 is 0 Å². The van der Waals surface area contributed by atoms with Crippen LogP contribution in [0.25, 0.3) is 0 Å². The zero-order chi connectivity index (χ0) is 27.7. The van der Waals surface area contributed by atoms with E-state index in [0.29, 0.717) is 0 Å². The van der Waals surface area contributed by atoms with Crippen molar-refractivity contribution in [3.63, 3.8) is 0 Å². The largest absolute Gasteiger partial charge is 0.410 e. The summed E-state index contributed by atoms with van der Waals surface area (Å²) in [6, 6.07) is 15.8. The van der Waals surface area contributed by atoms with Crippen molar-refractivity contribution < 1.29 is 30.7 Å². The van der Waals surface area contributed by atoms with Crippen LogP contribution in [0, 0.1) is 20.2 Å². The molecular formula is C22H18N8O8. The average Bonchev–Trinajstić information content (AvgIpc) is 2.94. The van der Waals surface area contributed by atoms with E-state index in [0.717, 1.165) is 0 Å². The van der Waals surface area contributed by atoms with E-state index in [4.69, 9.17) is 0 Å². The fourth-order valence-electron chi connectivity index (χ4n) is 3.09. The highest BCUT2D eigenvalue weighted by molar-refractivity contribution is 6.48. The molecule has 0 saturated heterocycles. The number of nitro groups is 2. The van der Waals surface area contributed by atoms with Crippen LogP contribution in [0.5, 0.6) is 0 Å². The van der Waals surface area contributed by atoms with E-state index in [1.165, 1.54) is 72.8 Å². The molecule has 3 aromatic carbocycles. The fourth-order valence-corrected chi connectivity index (χ4v) is 3.09. The molecule has 0 atom stereocenters. The number of hydrogen-bond donors (Lipinski definition) is 6. The van der Waals surface area contributed by atoms with Crippen molar-refractivity contribution in [1.29, 1.82) is 0 Å². The van der Waals surface area contributed by atoms with Gasteiger partial charge in [-0.05, 0) is 48.5 Å². The Bertz CT molecular complexity index is 1320. The number of benzene rings is 3. The first-order valence-corrected chi connectivity index (χ1v) is 10.3. The van der Waals surface area contributed by atoms with Gasteiger partial charge in [-0.1, -0.05) is 10.3 Å². The summed E-state index contributed by atoms with van der Waals surface area (Å²) in [5.41, 5.74) is 3.81. The molecule has 0 radical (unpaired) electrons. The van der Waals surface area contributed by atoms with Crippen LogP contribution in [0.3, 0.4) is 0 Å². The second-order valence-electron chi connectivity index (χ2n) is 7.17. The number of nitro benzene ring substituents is 2. The van der Waals surface area contributed by atoms with Gasteiger partial charge in [-0.15, -0.1) is 0 Å². The summed E-state index contributed by atoms with van der Waals surface area (Å²) >= 11 is 0. The van der Waals surface area contributed by atoms with E-state index in [2.05, 4.69) is 20.3 Å². The summed E-state index contributed by atoms with van der Waals surface area (Å²) in [6.45, 7) is 0. The number of hydrogen-bond acceptors (Lipinski definition) is 12. The quantitative estimate of drug-likeness (QED) is 0.0829. The molecule has 0 spiro atoms. The van der Waals surface area contributed by atoms with E-state index in [-0.39, 0.29) is 57.0 Å². The van der Waals surface area contributed by atoms with Crippen molar-refractivity contribution >= 4 is 45.8 Å². The summed E-state index contributed by atoms with van der Waals surface area (Å²) in [5.74, 6) is -0.550. The SMILES string of the molecule is O=[N+]([O-])c1ccc(/C(=N\O)C(=Nc2ccc(N=C(NO)/C(=N/O)c3ccc([N+](=O)[O-])cc3)cc2)NO)cc1. The number of amidine groups is 2. The van der Waals surface area contributed by atoms with E-state index in [9.17, 15) is 41.1 Å². The number of rotatable bonds is 8. The van der Waals surface area contributed by atoms with Crippen LogP contribution in [0.4, 0.5) is 22.7 Å². The highest BCUT2D eigenvalue weighted by Crippen LogP contribution is 2.21. The fraction of sp³-hybridized carbons (Fsp3) is 0. The number of nitrogens with zero attached hydrogens (tertiary/aromatic N) is 6. The van der Waals surface area contributed by atoms with E-state index >= 15 is 0 Å². The van der Waals surface area contributed by atoms with Gasteiger partial charge in [0.15, 0.2) is 23.1 Å². The Morgan fingerprint density at radius 3 is 1.16 bits per heavy atom. The Hall–Kier alpha value is -5.74. The van der Waals surface area contributed by atoms with E-state index in [1.807, 2.05) is 11.0 Å². The highest BCUT2D eigenvalue weighted by atomic mass is 16.6. The minimum atomic E-state index is -0.595. The van der Waals surface area contributed by atoms with Gasteiger partial charge in [-0.3, -0.25) is 41.6 Å². The molecule has 0 heterocycles. The monoisotopic (exact) mass is 522 g/mol. The Balaban J connectivity index is 1.86. The molecule has 194 valence electrons.